The molecule has 0 amide bonds. The average molecular weight is 628 g/mol. The van der Waals surface area contributed by atoms with Crippen LogP contribution in [0.5, 0.6) is 0 Å². The van der Waals surface area contributed by atoms with E-state index in [4.69, 9.17) is 9.97 Å². The minimum Gasteiger partial charge on any atom is -0.292 e. The Kier molecular flexibility index (Phi) is 6.80. The number of fused-ring (bicyclic) bond motifs is 4. The number of rotatable bonds is 5. The zero-order chi connectivity index (χ0) is 30.5. The maximum absolute atomic E-state index is 5.14. The Hall–Kier alpha value is -4.97. The highest BCUT2D eigenvalue weighted by atomic mass is 32.2. The number of thiazole rings is 1. The Labute approximate surface area is 276 Å². The average Bonchev–Trinajstić information content (AvgIpc) is 3.65. The molecule has 0 N–H and O–H groups in total. The molecule has 0 spiro atoms. The first kappa shape index (κ1) is 27.3. The highest BCUT2D eigenvalue weighted by Crippen LogP contribution is 2.43. The number of benzene rings is 6. The van der Waals surface area contributed by atoms with Gasteiger partial charge < -0.3 is 0 Å². The molecule has 3 nitrogen and oxygen atoms in total. The van der Waals surface area contributed by atoms with Gasteiger partial charge in [-0.05, 0) is 71.8 Å². The standard InChI is InChI=1S/C41H29N3S2/c1-3-11-28(12-4-1)40-42-34-26-39-35(25-36(34)44(40)32-14-5-2-6-15-32)43-41(46-39)29-21-19-27(20-22-29)23-31-24-30-13-7-9-17-37(30)45-38-18-10-8-16-33(31)38/h1-22,25-26,31H,23-24H2. The van der Waals surface area contributed by atoms with Crippen molar-refractivity contribution in [2.24, 2.45) is 0 Å². The molecule has 0 bridgehead atoms. The van der Waals surface area contributed by atoms with E-state index in [9.17, 15) is 0 Å². The van der Waals surface area contributed by atoms with E-state index >= 15 is 0 Å². The molecule has 0 aliphatic carbocycles. The second-order valence-corrected chi connectivity index (χ2v) is 14.0. The normalized spacial score (nSPS) is 14.2. The lowest BCUT2D eigenvalue weighted by molar-refractivity contribution is 0.666. The molecule has 2 aromatic heterocycles. The molecule has 0 fully saturated rings. The molecule has 9 rings (SSSR count). The largest absolute Gasteiger partial charge is 0.292 e. The fourth-order valence-electron chi connectivity index (χ4n) is 6.67. The summed E-state index contributed by atoms with van der Waals surface area (Å²) in [4.78, 5) is 13.0. The topological polar surface area (TPSA) is 30.7 Å². The highest BCUT2D eigenvalue weighted by molar-refractivity contribution is 7.99. The van der Waals surface area contributed by atoms with E-state index in [1.165, 1.54) is 26.5 Å². The van der Waals surface area contributed by atoms with Gasteiger partial charge in [0.15, 0.2) is 0 Å². The van der Waals surface area contributed by atoms with Gasteiger partial charge in [0.2, 0.25) is 0 Å². The van der Waals surface area contributed by atoms with Crippen molar-refractivity contribution < 1.29 is 0 Å². The van der Waals surface area contributed by atoms with Crippen molar-refractivity contribution in [3.05, 3.63) is 162 Å². The number of imidazole rings is 1. The van der Waals surface area contributed by atoms with Crippen LogP contribution in [0.15, 0.2) is 155 Å². The van der Waals surface area contributed by atoms with Crippen molar-refractivity contribution in [2.75, 3.05) is 0 Å². The van der Waals surface area contributed by atoms with Gasteiger partial charge in [-0.15, -0.1) is 11.3 Å². The Morgan fingerprint density at radius 1 is 0.630 bits per heavy atom. The number of aromatic nitrogens is 3. The molecule has 1 atom stereocenters. The molecule has 5 heteroatoms. The molecule has 3 heterocycles. The van der Waals surface area contributed by atoms with Crippen molar-refractivity contribution in [1.82, 2.24) is 14.5 Å². The molecular weight excluding hydrogens is 599 g/mol. The predicted molar refractivity (Wildman–Crippen MR) is 192 cm³/mol. The fourth-order valence-corrected chi connectivity index (χ4v) is 8.82. The van der Waals surface area contributed by atoms with Crippen molar-refractivity contribution in [3.63, 3.8) is 0 Å². The lowest BCUT2D eigenvalue weighted by Gasteiger charge is -2.18. The maximum atomic E-state index is 5.14. The Morgan fingerprint density at radius 3 is 2.17 bits per heavy atom. The quantitative estimate of drug-likeness (QED) is 0.190. The second-order valence-electron chi connectivity index (χ2n) is 11.8. The van der Waals surface area contributed by atoms with Gasteiger partial charge in [0.1, 0.15) is 10.8 Å². The van der Waals surface area contributed by atoms with Crippen LogP contribution in [0.2, 0.25) is 0 Å². The summed E-state index contributed by atoms with van der Waals surface area (Å²) in [5.74, 6) is 1.38. The number of hydrogen-bond donors (Lipinski definition) is 0. The minimum atomic E-state index is 0.442. The van der Waals surface area contributed by atoms with Gasteiger partial charge in [0.05, 0.1) is 21.3 Å². The van der Waals surface area contributed by atoms with Crippen molar-refractivity contribution in [1.29, 1.82) is 0 Å². The van der Waals surface area contributed by atoms with Crippen LogP contribution in [0.4, 0.5) is 0 Å². The van der Waals surface area contributed by atoms with Crippen LogP contribution in [0.1, 0.15) is 22.6 Å². The fraction of sp³-hybridized carbons (Fsp3) is 0.0732. The third kappa shape index (κ3) is 4.93. The lowest BCUT2D eigenvalue weighted by atomic mass is 9.86. The minimum absolute atomic E-state index is 0.442. The Bertz CT molecular complexity index is 2340. The Balaban J connectivity index is 1.05. The Morgan fingerprint density at radius 2 is 1.35 bits per heavy atom. The number of para-hydroxylation sites is 1. The summed E-state index contributed by atoms with van der Waals surface area (Å²) in [5.41, 5.74) is 10.6. The van der Waals surface area contributed by atoms with Gasteiger partial charge in [-0.3, -0.25) is 4.57 Å². The summed E-state index contributed by atoms with van der Waals surface area (Å²) in [5, 5.41) is 1.04. The van der Waals surface area contributed by atoms with Crippen LogP contribution in [-0.4, -0.2) is 14.5 Å². The molecule has 1 aliphatic heterocycles. The molecule has 8 aromatic rings. The summed E-state index contributed by atoms with van der Waals surface area (Å²) in [7, 11) is 0. The van der Waals surface area contributed by atoms with E-state index < -0.39 is 0 Å². The summed E-state index contributed by atoms with van der Waals surface area (Å²) in [6, 6.07) is 52.2. The van der Waals surface area contributed by atoms with Gasteiger partial charge in [0, 0.05) is 26.6 Å². The first-order chi connectivity index (χ1) is 22.8. The maximum Gasteiger partial charge on any atom is 0.145 e. The van der Waals surface area contributed by atoms with E-state index in [1.807, 2.05) is 17.8 Å². The molecule has 220 valence electrons. The molecule has 6 aromatic carbocycles. The smallest absolute Gasteiger partial charge is 0.145 e. The zero-order valence-corrected chi connectivity index (χ0v) is 26.6. The number of nitrogens with zero attached hydrogens (tertiary/aromatic N) is 3. The first-order valence-corrected chi connectivity index (χ1v) is 17.3. The second kappa shape index (κ2) is 11.4. The van der Waals surface area contributed by atoms with E-state index in [-0.39, 0.29) is 0 Å². The van der Waals surface area contributed by atoms with Crippen molar-refractivity contribution >= 4 is 44.3 Å². The van der Waals surface area contributed by atoms with Gasteiger partial charge in [-0.1, -0.05) is 121 Å². The first-order valence-electron chi connectivity index (χ1n) is 15.6. The van der Waals surface area contributed by atoms with Crippen LogP contribution in [0, 0.1) is 0 Å². The molecule has 0 radical (unpaired) electrons. The molecule has 1 aliphatic rings. The van der Waals surface area contributed by atoms with Gasteiger partial charge in [0.25, 0.3) is 0 Å². The summed E-state index contributed by atoms with van der Waals surface area (Å²) in [6.45, 7) is 0. The molecule has 0 saturated carbocycles. The predicted octanol–water partition coefficient (Wildman–Crippen LogP) is 11.0. The van der Waals surface area contributed by atoms with E-state index in [0.717, 1.165) is 61.7 Å². The van der Waals surface area contributed by atoms with Gasteiger partial charge in [-0.2, -0.15) is 0 Å². The van der Waals surface area contributed by atoms with Crippen LogP contribution in [0.3, 0.4) is 0 Å². The third-order valence-corrected chi connectivity index (χ3v) is 11.2. The monoisotopic (exact) mass is 627 g/mol. The molecular formula is C41H29N3S2. The summed E-state index contributed by atoms with van der Waals surface area (Å²) in [6.07, 6.45) is 2.06. The molecule has 0 saturated heterocycles. The van der Waals surface area contributed by atoms with E-state index in [0.29, 0.717) is 5.92 Å². The van der Waals surface area contributed by atoms with Gasteiger partial charge in [-0.25, -0.2) is 9.97 Å². The highest BCUT2D eigenvalue weighted by Gasteiger charge is 2.23. The van der Waals surface area contributed by atoms with Crippen LogP contribution >= 0.6 is 23.1 Å². The van der Waals surface area contributed by atoms with Crippen LogP contribution < -0.4 is 0 Å². The lowest BCUT2D eigenvalue weighted by Crippen LogP contribution is -2.07. The number of hydrogen-bond acceptors (Lipinski definition) is 4. The summed E-state index contributed by atoms with van der Waals surface area (Å²) >= 11 is 3.64. The molecule has 46 heavy (non-hydrogen) atoms. The van der Waals surface area contributed by atoms with Gasteiger partial charge >= 0.3 is 0 Å². The molecule has 1 unspecified atom stereocenters. The van der Waals surface area contributed by atoms with E-state index in [2.05, 4.69) is 144 Å². The van der Waals surface area contributed by atoms with Crippen LogP contribution in [-0.2, 0) is 12.8 Å². The summed E-state index contributed by atoms with van der Waals surface area (Å²) < 4.78 is 3.40. The SMILES string of the molecule is c1ccc(-c2nc3cc4sc(-c5ccc(CC6Cc7ccccc7Sc7ccccc76)cc5)nc4cc3n2-c2ccccc2)cc1. The van der Waals surface area contributed by atoms with E-state index in [1.54, 1.807) is 11.3 Å². The third-order valence-electron chi connectivity index (χ3n) is 8.91. The zero-order valence-electron chi connectivity index (χ0n) is 25.0. The van der Waals surface area contributed by atoms with Crippen LogP contribution in [0.25, 0.3) is 48.9 Å². The van der Waals surface area contributed by atoms with Crippen molar-refractivity contribution in [2.45, 2.75) is 28.6 Å². The van der Waals surface area contributed by atoms with Crippen molar-refractivity contribution in [3.8, 4) is 27.6 Å².